The van der Waals surface area contributed by atoms with E-state index in [-0.39, 0.29) is 12.0 Å². The van der Waals surface area contributed by atoms with Crippen LogP contribution in [0.1, 0.15) is 32.0 Å². The first-order valence-corrected chi connectivity index (χ1v) is 7.96. The van der Waals surface area contributed by atoms with Crippen LogP contribution in [0.3, 0.4) is 0 Å². The number of carbonyl (C=O) groups excluding carboxylic acids is 1. The zero-order valence-corrected chi connectivity index (χ0v) is 14.6. The molecule has 6 heteroatoms. The molecule has 0 saturated carbocycles. The molecule has 0 unspecified atom stereocenters. The fourth-order valence-electron chi connectivity index (χ4n) is 2.85. The Hall–Kier alpha value is -1.66. The van der Waals surface area contributed by atoms with Gasteiger partial charge in [0.25, 0.3) is 0 Å². The van der Waals surface area contributed by atoms with Gasteiger partial charge in [-0.05, 0) is 58.9 Å². The minimum absolute atomic E-state index is 0.170. The van der Waals surface area contributed by atoms with Crippen LogP contribution >= 0.6 is 0 Å². The number of anilines is 1. The van der Waals surface area contributed by atoms with Crippen LogP contribution in [0.4, 0.5) is 10.6 Å². The molecule has 0 bridgehead atoms. The average molecular weight is 321 g/mol. The van der Waals surface area contributed by atoms with Crippen molar-refractivity contribution in [2.45, 2.75) is 45.8 Å². The lowest BCUT2D eigenvalue weighted by molar-refractivity contribution is 0.0635. The van der Waals surface area contributed by atoms with Gasteiger partial charge in [0.15, 0.2) is 0 Å². The smallest absolute Gasteiger partial charge is 0.413 e. The Kier molecular flexibility index (Phi) is 5.26. The number of aliphatic hydroxyl groups excluding tert-OH is 1. The zero-order valence-electron chi connectivity index (χ0n) is 14.6. The van der Waals surface area contributed by atoms with Crippen molar-refractivity contribution >= 4 is 11.9 Å². The predicted molar refractivity (Wildman–Crippen MR) is 89.5 cm³/mol. The summed E-state index contributed by atoms with van der Waals surface area (Å²) in [7, 11) is 2.00. The second-order valence-corrected chi connectivity index (χ2v) is 7.40. The molecule has 0 radical (unpaired) electrons. The van der Waals surface area contributed by atoms with E-state index in [9.17, 15) is 9.90 Å². The lowest BCUT2D eigenvalue weighted by Crippen LogP contribution is -2.27. The topological polar surface area (TPSA) is 74.7 Å². The Morgan fingerprint density at radius 2 is 2.13 bits per heavy atom. The zero-order chi connectivity index (χ0) is 17.2. The molecule has 2 N–H and O–H groups in total. The minimum Gasteiger partial charge on any atom is -0.444 e. The Bertz CT molecular complexity index is 569. The fraction of sp³-hybridized carbons (Fsp3) is 0.647. The van der Waals surface area contributed by atoms with Gasteiger partial charge in [-0.2, -0.15) is 0 Å². The summed E-state index contributed by atoms with van der Waals surface area (Å²) < 4.78 is 5.25. The van der Waals surface area contributed by atoms with Crippen LogP contribution in [0, 0.1) is 12.8 Å². The van der Waals surface area contributed by atoms with Crippen molar-refractivity contribution in [2.75, 3.05) is 25.5 Å². The van der Waals surface area contributed by atoms with Crippen molar-refractivity contribution in [3.05, 3.63) is 23.4 Å². The highest BCUT2D eigenvalue weighted by Gasteiger charge is 2.29. The normalized spacial score (nSPS) is 22.2. The Morgan fingerprint density at radius 3 is 2.70 bits per heavy atom. The summed E-state index contributed by atoms with van der Waals surface area (Å²) in [5.74, 6) is 0.652. The fourth-order valence-corrected chi connectivity index (χ4v) is 2.85. The van der Waals surface area contributed by atoms with Crippen molar-refractivity contribution in [1.29, 1.82) is 0 Å². The van der Waals surface area contributed by atoms with Crippen LogP contribution < -0.4 is 5.32 Å². The van der Waals surface area contributed by atoms with E-state index in [1.54, 1.807) is 0 Å². The highest BCUT2D eigenvalue weighted by molar-refractivity contribution is 5.83. The van der Waals surface area contributed by atoms with Crippen molar-refractivity contribution in [3.8, 4) is 0 Å². The van der Waals surface area contributed by atoms with E-state index in [0.29, 0.717) is 18.8 Å². The van der Waals surface area contributed by atoms with Gasteiger partial charge in [0.05, 0.1) is 6.10 Å². The molecule has 1 aromatic heterocycles. The number of hydrogen-bond acceptors (Lipinski definition) is 5. The number of carbonyl (C=O) groups is 1. The van der Waals surface area contributed by atoms with E-state index in [2.05, 4.69) is 15.2 Å². The van der Waals surface area contributed by atoms with Crippen molar-refractivity contribution in [1.82, 2.24) is 9.88 Å². The predicted octanol–water partition coefficient (Wildman–Crippen LogP) is 2.20. The first-order chi connectivity index (χ1) is 10.6. The Labute approximate surface area is 137 Å². The summed E-state index contributed by atoms with van der Waals surface area (Å²) in [6.45, 7) is 8.97. The number of rotatable bonds is 3. The van der Waals surface area contributed by atoms with Crippen molar-refractivity contribution in [2.24, 2.45) is 5.92 Å². The van der Waals surface area contributed by atoms with Crippen LogP contribution in [0.25, 0.3) is 0 Å². The van der Waals surface area contributed by atoms with Crippen LogP contribution in [-0.4, -0.2) is 52.9 Å². The van der Waals surface area contributed by atoms with Gasteiger partial charge in [-0.15, -0.1) is 0 Å². The van der Waals surface area contributed by atoms with Gasteiger partial charge >= 0.3 is 6.09 Å². The number of β-amino-alcohol motifs (C(OH)–C–C–N with tert-alkyl or cyclic N) is 1. The van der Waals surface area contributed by atoms with Gasteiger partial charge in [-0.3, -0.25) is 5.32 Å². The standard InChI is InChI=1S/C17H27N3O3/c1-11-6-13(8-12-9-20(5)10-14(12)21)18-15(7-11)19-16(22)23-17(2,3)4/h6-7,12,14,21H,8-10H2,1-5H3,(H,18,19,22)/t12-,14-/m0/s1. The van der Waals surface area contributed by atoms with E-state index < -0.39 is 11.7 Å². The maximum atomic E-state index is 11.9. The Balaban J connectivity index is 2.05. The summed E-state index contributed by atoms with van der Waals surface area (Å²) >= 11 is 0. The molecule has 2 heterocycles. The molecule has 1 aliphatic rings. The number of nitrogens with one attached hydrogen (secondary N) is 1. The first kappa shape index (κ1) is 17.7. The second-order valence-electron chi connectivity index (χ2n) is 7.40. The summed E-state index contributed by atoms with van der Waals surface area (Å²) in [4.78, 5) is 18.5. The van der Waals surface area contributed by atoms with Crippen LogP contribution in [-0.2, 0) is 11.2 Å². The van der Waals surface area contributed by atoms with Crippen LogP contribution in [0.5, 0.6) is 0 Å². The lowest BCUT2D eigenvalue weighted by atomic mass is 9.99. The number of likely N-dealkylation sites (N-methyl/N-ethyl adjacent to an activating group) is 1. The molecule has 0 aliphatic carbocycles. The second kappa shape index (κ2) is 6.84. The Morgan fingerprint density at radius 1 is 1.43 bits per heavy atom. The van der Waals surface area contributed by atoms with E-state index in [0.717, 1.165) is 17.8 Å². The molecule has 1 fully saturated rings. The number of amides is 1. The van der Waals surface area contributed by atoms with Crippen LogP contribution in [0.15, 0.2) is 12.1 Å². The number of aryl methyl sites for hydroxylation is 1. The van der Waals surface area contributed by atoms with E-state index in [1.165, 1.54) is 0 Å². The molecule has 1 aromatic rings. The SMILES string of the molecule is Cc1cc(C[C@H]2CN(C)C[C@@H]2O)nc(NC(=O)OC(C)(C)C)c1. The number of hydrogen-bond donors (Lipinski definition) is 2. The third-order valence-electron chi connectivity index (χ3n) is 3.71. The largest absolute Gasteiger partial charge is 0.444 e. The minimum atomic E-state index is -0.546. The molecular weight excluding hydrogens is 294 g/mol. The summed E-state index contributed by atoms with van der Waals surface area (Å²) in [5, 5.41) is 12.8. The molecule has 23 heavy (non-hydrogen) atoms. The molecule has 2 rings (SSSR count). The van der Waals surface area contributed by atoms with Gasteiger partial charge in [0.2, 0.25) is 0 Å². The summed E-state index contributed by atoms with van der Waals surface area (Å²) in [6.07, 6.45) is -0.150. The maximum Gasteiger partial charge on any atom is 0.413 e. The number of pyridine rings is 1. The van der Waals surface area contributed by atoms with Crippen molar-refractivity contribution in [3.63, 3.8) is 0 Å². The monoisotopic (exact) mass is 321 g/mol. The highest BCUT2D eigenvalue weighted by Crippen LogP contribution is 2.21. The molecule has 1 saturated heterocycles. The molecule has 128 valence electrons. The van der Waals surface area contributed by atoms with Crippen molar-refractivity contribution < 1.29 is 14.6 Å². The quantitative estimate of drug-likeness (QED) is 0.893. The number of likely N-dealkylation sites (tertiary alicyclic amines) is 1. The molecule has 0 spiro atoms. The molecular formula is C17H27N3O3. The summed E-state index contributed by atoms with van der Waals surface area (Å²) in [5.41, 5.74) is 1.34. The van der Waals surface area contributed by atoms with E-state index in [1.807, 2.05) is 46.9 Å². The number of aromatic nitrogens is 1. The number of nitrogens with zero attached hydrogens (tertiary/aromatic N) is 2. The van der Waals surface area contributed by atoms with Gasteiger partial charge < -0.3 is 14.7 Å². The molecule has 2 atom stereocenters. The molecule has 0 aromatic carbocycles. The third kappa shape index (κ3) is 5.48. The first-order valence-electron chi connectivity index (χ1n) is 7.96. The highest BCUT2D eigenvalue weighted by atomic mass is 16.6. The lowest BCUT2D eigenvalue weighted by Gasteiger charge is -2.20. The van der Waals surface area contributed by atoms with Crippen LogP contribution in [0.2, 0.25) is 0 Å². The maximum absolute atomic E-state index is 11.9. The van der Waals surface area contributed by atoms with E-state index >= 15 is 0 Å². The van der Waals surface area contributed by atoms with Gasteiger partial charge in [0.1, 0.15) is 11.4 Å². The molecule has 6 nitrogen and oxygen atoms in total. The summed E-state index contributed by atoms with van der Waals surface area (Å²) in [6, 6.07) is 3.80. The number of aliphatic hydroxyl groups is 1. The third-order valence-corrected chi connectivity index (χ3v) is 3.71. The molecule has 1 amide bonds. The number of ether oxygens (including phenoxy) is 1. The van der Waals surface area contributed by atoms with Gasteiger partial charge in [0, 0.05) is 24.7 Å². The average Bonchev–Trinajstić information content (AvgIpc) is 2.64. The molecule has 1 aliphatic heterocycles. The van der Waals surface area contributed by atoms with Gasteiger partial charge in [-0.1, -0.05) is 0 Å². The van der Waals surface area contributed by atoms with Gasteiger partial charge in [-0.25, -0.2) is 9.78 Å². The van der Waals surface area contributed by atoms with E-state index in [4.69, 9.17) is 4.74 Å².